The predicted molar refractivity (Wildman–Crippen MR) is 99.1 cm³/mol. The molecule has 138 valence electrons. The van der Waals surface area contributed by atoms with E-state index in [1.54, 1.807) is 33.8 Å². The lowest BCUT2D eigenvalue weighted by Crippen LogP contribution is -2.45. The van der Waals surface area contributed by atoms with Crippen molar-refractivity contribution in [1.29, 1.82) is 0 Å². The van der Waals surface area contributed by atoms with Crippen LogP contribution in [0.25, 0.3) is 5.69 Å². The zero-order valence-corrected chi connectivity index (χ0v) is 16.0. The summed E-state index contributed by atoms with van der Waals surface area (Å²) in [7, 11) is 0. The van der Waals surface area contributed by atoms with Crippen LogP contribution in [-0.2, 0) is 4.79 Å². The fourth-order valence-electron chi connectivity index (χ4n) is 3.33. The van der Waals surface area contributed by atoms with Crippen molar-refractivity contribution in [2.45, 2.75) is 20.3 Å². The van der Waals surface area contributed by atoms with E-state index in [1.807, 2.05) is 13.8 Å². The monoisotopic (exact) mass is 395 g/mol. The van der Waals surface area contributed by atoms with Gasteiger partial charge in [0.05, 0.1) is 16.6 Å². The fraction of sp³-hybridized carbons (Fsp3) is 0.389. The molecule has 0 radical (unpaired) electrons. The second-order valence-electron chi connectivity index (χ2n) is 6.64. The van der Waals surface area contributed by atoms with Crippen molar-refractivity contribution in [3.63, 3.8) is 0 Å². The van der Waals surface area contributed by atoms with Crippen LogP contribution >= 0.6 is 23.2 Å². The molecule has 0 saturated carbocycles. The number of likely N-dealkylation sites (tertiary alicyclic amines) is 1. The molecule has 1 aromatic carbocycles. The van der Waals surface area contributed by atoms with Crippen LogP contribution in [0, 0.1) is 18.8 Å². The van der Waals surface area contributed by atoms with Crippen LogP contribution in [0.3, 0.4) is 0 Å². The Kier molecular flexibility index (Phi) is 5.25. The Morgan fingerprint density at radius 2 is 2.00 bits per heavy atom. The highest BCUT2D eigenvalue weighted by atomic mass is 35.5. The van der Waals surface area contributed by atoms with Crippen LogP contribution in [0.2, 0.25) is 10.0 Å². The van der Waals surface area contributed by atoms with Crippen molar-refractivity contribution in [3.05, 3.63) is 45.7 Å². The van der Waals surface area contributed by atoms with E-state index in [1.165, 1.54) is 0 Å². The molecular formula is C18H19Cl2N3O3. The first-order chi connectivity index (χ1) is 12.3. The first kappa shape index (κ1) is 18.7. The Balaban J connectivity index is 1.83. The number of aromatic nitrogens is 2. The summed E-state index contributed by atoms with van der Waals surface area (Å²) in [6.45, 7) is 4.51. The van der Waals surface area contributed by atoms with Gasteiger partial charge in [0, 0.05) is 23.8 Å². The van der Waals surface area contributed by atoms with Crippen molar-refractivity contribution < 1.29 is 14.7 Å². The highest BCUT2D eigenvalue weighted by Gasteiger charge is 2.34. The maximum absolute atomic E-state index is 12.8. The minimum absolute atomic E-state index is 0.0981. The van der Waals surface area contributed by atoms with Crippen LogP contribution in [-0.4, -0.2) is 44.8 Å². The van der Waals surface area contributed by atoms with Crippen LogP contribution in [0.1, 0.15) is 29.5 Å². The van der Waals surface area contributed by atoms with Gasteiger partial charge in [0.1, 0.15) is 0 Å². The summed E-state index contributed by atoms with van der Waals surface area (Å²) in [5.74, 6) is -1.51. The zero-order chi connectivity index (χ0) is 19.0. The second-order valence-corrected chi connectivity index (χ2v) is 7.48. The van der Waals surface area contributed by atoms with Crippen molar-refractivity contribution >= 4 is 35.1 Å². The molecule has 0 spiro atoms. The van der Waals surface area contributed by atoms with Gasteiger partial charge in [-0.15, -0.1) is 0 Å². The second kappa shape index (κ2) is 7.29. The standard InChI is InChI=1S/C18H19Cl2N3O3/c1-10-9-22(6-5-13(10)18(25)26)17(24)15-7-11(2)23(21-15)16-4-3-12(19)8-14(16)20/h3-4,7-8,10,13H,5-6,9H2,1-2H3,(H,25,26). The Labute approximate surface area is 161 Å². The molecule has 2 atom stereocenters. The fourth-order valence-corrected chi connectivity index (χ4v) is 3.82. The third kappa shape index (κ3) is 3.57. The summed E-state index contributed by atoms with van der Waals surface area (Å²) in [4.78, 5) is 25.7. The quantitative estimate of drug-likeness (QED) is 0.859. The van der Waals surface area contributed by atoms with E-state index in [4.69, 9.17) is 23.2 Å². The maximum atomic E-state index is 12.8. The minimum Gasteiger partial charge on any atom is -0.481 e. The minimum atomic E-state index is -0.804. The Morgan fingerprint density at radius 1 is 1.27 bits per heavy atom. The highest BCUT2D eigenvalue weighted by molar-refractivity contribution is 6.35. The first-order valence-electron chi connectivity index (χ1n) is 8.32. The SMILES string of the molecule is Cc1cc(C(=O)N2CCC(C(=O)O)C(C)C2)nn1-c1ccc(Cl)cc1Cl. The van der Waals surface area contributed by atoms with Gasteiger partial charge in [-0.2, -0.15) is 5.10 Å². The molecule has 1 N–H and O–H groups in total. The molecule has 2 aromatic rings. The summed E-state index contributed by atoms with van der Waals surface area (Å²) in [6.07, 6.45) is 0.449. The van der Waals surface area contributed by atoms with E-state index in [9.17, 15) is 14.7 Å². The molecule has 2 heterocycles. The van der Waals surface area contributed by atoms with E-state index >= 15 is 0 Å². The number of amides is 1. The number of rotatable bonds is 3. The third-order valence-electron chi connectivity index (χ3n) is 4.75. The lowest BCUT2D eigenvalue weighted by molar-refractivity contribution is -0.145. The normalized spacial score (nSPS) is 20.2. The molecule has 0 aliphatic carbocycles. The number of benzene rings is 1. The average Bonchev–Trinajstić information content (AvgIpc) is 2.95. The van der Waals surface area contributed by atoms with Crippen molar-refractivity contribution in [2.75, 3.05) is 13.1 Å². The summed E-state index contributed by atoms with van der Waals surface area (Å²) in [5, 5.41) is 14.6. The van der Waals surface area contributed by atoms with Gasteiger partial charge in [0.25, 0.3) is 5.91 Å². The Morgan fingerprint density at radius 3 is 2.62 bits per heavy atom. The van der Waals surface area contributed by atoms with Gasteiger partial charge in [0.2, 0.25) is 0 Å². The maximum Gasteiger partial charge on any atom is 0.306 e. The summed E-state index contributed by atoms with van der Waals surface area (Å²) in [5.41, 5.74) is 1.73. The van der Waals surface area contributed by atoms with Crippen LogP contribution in [0.4, 0.5) is 0 Å². The van der Waals surface area contributed by atoms with Crippen molar-refractivity contribution in [2.24, 2.45) is 11.8 Å². The van der Waals surface area contributed by atoms with Gasteiger partial charge in [-0.05, 0) is 43.5 Å². The number of hydrogen-bond acceptors (Lipinski definition) is 3. The van der Waals surface area contributed by atoms with E-state index in [0.717, 1.165) is 5.69 Å². The van der Waals surface area contributed by atoms with Crippen LogP contribution in [0.15, 0.2) is 24.3 Å². The number of aryl methyl sites for hydroxylation is 1. The average molecular weight is 396 g/mol. The number of carbonyl (C=O) groups excluding carboxylic acids is 1. The molecule has 1 aromatic heterocycles. The molecular weight excluding hydrogens is 377 g/mol. The topological polar surface area (TPSA) is 75.4 Å². The molecule has 8 heteroatoms. The molecule has 2 unspecified atom stereocenters. The Hall–Kier alpha value is -2.05. The molecule has 1 fully saturated rings. The van der Waals surface area contributed by atoms with Gasteiger partial charge < -0.3 is 10.0 Å². The summed E-state index contributed by atoms with van der Waals surface area (Å²) in [6, 6.07) is 6.80. The number of carboxylic acids is 1. The highest BCUT2D eigenvalue weighted by Crippen LogP contribution is 2.27. The number of aliphatic carboxylic acids is 1. The molecule has 1 aliphatic rings. The number of hydrogen-bond donors (Lipinski definition) is 1. The molecule has 0 bridgehead atoms. The molecule has 3 rings (SSSR count). The van der Waals surface area contributed by atoms with Gasteiger partial charge in [-0.3, -0.25) is 9.59 Å². The van der Waals surface area contributed by atoms with Crippen LogP contribution < -0.4 is 0 Å². The smallest absolute Gasteiger partial charge is 0.306 e. The largest absolute Gasteiger partial charge is 0.481 e. The lowest BCUT2D eigenvalue weighted by Gasteiger charge is -2.34. The van der Waals surface area contributed by atoms with Crippen molar-refractivity contribution in [3.8, 4) is 5.69 Å². The lowest BCUT2D eigenvalue weighted by atomic mass is 9.87. The van der Waals surface area contributed by atoms with Crippen LogP contribution in [0.5, 0.6) is 0 Å². The number of piperidine rings is 1. The van der Waals surface area contributed by atoms with Gasteiger partial charge in [0.15, 0.2) is 5.69 Å². The van der Waals surface area contributed by atoms with Gasteiger partial charge >= 0.3 is 5.97 Å². The molecule has 26 heavy (non-hydrogen) atoms. The number of carbonyl (C=O) groups is 2. The van der Waals surface area contributed by atoms with E-state index < -0.39 is 11.9 Å². The first-order valence-corrected chi connectivity index (χ1v) is 9.07. The third-order valence-corrected chi connectivity index (χ3v) is 5.29. The molecule has 1 amide bonds. The molecule has 1 aliphatic heterocycles. The van der Waals surface area contributed by atoms with Gasteiger partial charge in [-0.25, -0.2) is 4.68 Å². The molecule has 6 nitrogen and oxygen atoms in total. The van der Waals surface area contributed by atoms with E-state index in [0.29, 0.717) is 40.9 Å². The molecule has 1 saturated heterocycles. The number of halogens is 2. The number of nitrogens with zero attached hydrogens (tertiary/aromatic N) is 3. The van der Waals surface area contributed by atoms with Gasteiger partial charge in [-0.1, -0.05) is 30.1 Å². The summed E-state index contributed by atoms with van der Waals surface area (Å²) >= 11 is 12.2. The van der Waals surface area contributed by atoms with E-state index in [-0.39, 0.29) is 11.8 Å². The number of carboxylic acid groups (broad SMARTS) is 1. The summed E-state index contributed by atoms with van der Waals surface area (Å²) < 4.78 is 1.61. The predicted octanol–water partition coefficient (Wildman–Crippen LogP) is 3.67. The van der Waals surface area contributed by atoms with Crippen molar-refractivity contribution in [1.82, 2.24) is 14.7 Å². The van der Waals surface area contributed by atoms with E-state index in [2.05, 4.69) is 5.10 Å². The zero-order valence-electron chi connectivity index (χ0n) is 14.4. The Bertz CT molecular complexity index is 865.